The number of hydrogen-bond acceptors (Lipinski definition) is 3. The molecule has 0 atom stereocenters. The lowest BCUT2D eigenvalue weighted by molar-refractivity contribution is 0.0985. The molecule has 0 fully saturated rings. The predicted molar refractivity (Wildman–Crippen MR) is 113 cm³/mol. The zero-order valence-electron chi connectivity index (χ0n) is 14.4. The van der Waals surface area contributed by atoms with Gasteiger partial charge in [0.05, 0.1) is 21.8 Å². The minimum atomic E-state index is -0.420. The molecule has 0 unspecified atom stereocenters. The second-order valence-corrected chi connectivity index (χ2v) is 7.94. The highest BCUT2D eigenvalue weighted by Crippen LogP contribution is 2.33. The molecule has 0 saturated heterocycles. The van der Waals surface area contributed by atoms with Crippen molar-refractivity contribution in [3.05, 3.63) is 93.7 Å². The van der Waals surface area contributed by atoms with Crippen molar-refractivity contribution in [3.8, 4) is 0 Å². The lowest BCUT2D eigenvalue weighted by Gasteiger charge is -2.20. The summed E-state index contributed by atoms with van der Waals surface area (Å²) < 4.78 is 14.8. The molecular weight excluding hydrogens is 418 g/mol. The van der Waals surface area contributed by atoms with Crippen LogP contribution in [0.1, 0.15) is 15.9 Å². The van der Waals surface area contributed by atoms with E-state index < -0.39 is 5.82 Å². The van der Waals surface area contributed by atoms with Crippen LogP contribution in [-0.2, 0) is 6.54 Å². The van der Waals surface area contributed by atoms with Crippen molar-refractivity contribution >= 4 is 55.8 Å². The van der Waals surface area contributed by atoms with Gasteiger partial charge in [0.2, 0.25) is 0 Å². The Kier molecular flexibility index (Phi) is 5.31. The summed E-state index contributed by atoms with van der Waals surface area (Å²) in [6, 6.07) is 19.0. The maximum absolute atomic E-state index is 14.1. The van der Waals surface area contributed by atoms with Gasteiger partial charge in [-0.1, -0.05) is 70.9 Å². The molecule has 0 spiro atoms. The number of carbonyl (C=O) groups is 1. The number of hydrogen-bond donors (Lipinski definition) is 0. The SMILES string of the molecule is O=C(c1ccc(Cl)cc1Cl)N(Cc1ccccc1)c1nc2c(F)cccc2s1. The van der Waals surface area contributed by atoms with Crippen LogP contribution < -0.4 is 4.90 Å². The van der Waals surface area contributed by atoms with Gasteiger partial charge in [-0.2, -0.15) is 0 Å². The zero-order chi connectivity index (χ0) is 19.7. The van der Waals surface area contributed by atoms with Crippen molar-refractivity contribution in [2.75, 3.05) is 4.90 Å². The highest BCUT2D eigenvalue weighted by molar-refractivity contribution is 7.22. The second-order valence-electron chi connectivity index (χ2n) is 6.08. The van der Waals surface area contributed by atoms with Gasteiger partial charge >= 0.3 is 0 Å². The fourth-order valence-electron chi connectivity index (χ4n) is 2.82. The molecule has 0 radical (unpaired) electrons. The number of rotatable bonds is 4. The van der Waals surface area contributed by atoms with E-state index in [4.69, 9.17) is 23.2 Å². The maximum atomic E-state index is 14.1. The van der Waals surface area contributed by atoms with Crippen LogP contribution in [0.15, 0.2) is 66.7 Å². The molecule has 0 aliphatic carbocycles. The first kappa shape index (κ1) is 18.9. The van der Waals surface area contributed by atoms with Crippen molar-refractivity contribution in [1.29, 1.82) is 0 Å². The number of fused-ring (bicyclic) bond motifs is 1. The Labute approximate surface area is 175 Å². The lowest BCUT2D eigenvalue weighted by Crippen LogP contribution is -2.30. The molecule has 7 heteroatoms. The monoisotopic (exact) mass is 430 g/mol. The molecule has 28 heavy (non-hydrogen) atoms. The molecule has 1 aromatic heterocycles. The van der Waals surface area contributed by atoms with Crippen molar-refractivity contribution in [1.82, 2.24) is 4.98 Å². The quantitative estimate of drug-likeness (QED) is 0.365. The predicted octanol–water partition coefficient (Wildman–Crippen LogP) is 6.59. The van der Waals surface area contributed by atoms with E-state index in [0.717, 1.165) is 5.56 Å². The number of amides is 1. The van der Waals surface area contributed by atoms with Gasteiger partial charge in [0, 0.05) is 5.02 Å². The summed E-state index contributed by atoms with van der Waals surface area (Å²) in [4.78, 5) is 19.2. The maximum Gasteiger partial charge on any atom is 0.261 e. The highest BCUT2D eigenvalue weighted by atomic mass is 35.5. The Balaban J connectivity index is 1.80. The average molecular weight is 431 g/mol. The normalized spacial score (nSPS) is 11.0. The third-order valence-corrected chi connectivity index (χ3v) is 5.77. The standard InChI is InChI=1S/C21H13Cl2FN2OS/c22-14-9-10-15(16(23)11-14)20(27)26(12-13-5-2-1-3-6-13)21-25-19-17(24)7-4-8-18(19)28-21/h1-11H,12H2. The van der Waals surface area contributed by atoms with Crippen LogP contribution in [0.4, 0.5) is 9.52 Å². The summed E-state index contributed by atoms with van der Waals surface area (Å²) in [5, 5.41) is 1.10. The van der Waals surface area contributed by atoms with E-state index in [-0.39, 0.29) is 23.0 Å². The molecule has 3 aromatic carbocycles. The number of carbonyl (C=O) groups excluding carboxylic acids is 1. The van der Waals surface area contributed by atoms with Crippen LogP contribution in [0, 0.1) is 5.82 Å². The Morgan fingerprint density at radius 1 is 1.04 bits per heavy atom. The first-order valence-electron chi connectivity index (χ1n) is 8.39. The Morgan fingerprint density at radius 3 is 2.54 bits per heavy atom. The van der Waals surface area contributed by atoms with Crippen LogP contribution >= 0.6 is 34.5 Å². The number of aromatic nitrogens is 1. The molecule has 0 bridgehead atoms. The summed E-state index contributed by atoms with van der Waals surface area (Å²) in [5.74, 6) is -0.749. The highest BCUT2D eigenvalue weighted by Gasteiger charge is 2.24. The molecule has 0 N–H and O–H groups in total. The molecule has 1 heterocycles. The van der Waals surface area contributed by atoms with Crippen molar-refractivity contribution in [2.24, 2.45) is 0 Å². The number of halogens is 3. The average Bonchev–Trinajstić information content (AvgIpc) is 3.12. The fourth-order valence-corrected chi connectivity index (χ4v) is 4.29. The third-order valence-electron chi connectivity index (χ3n) is 4.18. The van der Waals surface area contributed by atoms with Gasteiger partial charge in [0.15, 0.2) is 5.13 Å². The summed E-state index contributed by atoms with van der Waals surface area (Å²) in [6.45, 7) is 0.278. The number of thiazole rings is 1. The van der Waals surface area contributed by atoms with Crippen LogP contribution in [0.5, 0.6) is 0 Å². The van der Waals surface area contributed by atoms with E-state index in [1.807, 2.05) is 30.3 Å². The lowest BCUT2D eigenvalue weighted by atomic mass is 10.1. The third kappa shape index (κ3) is 3.74. The number of anilines is 1. The van der Waals surface area contributed by atoms with E-state index in [0.29, 0.717) is 20.4 Å². The van der Waals surface area contributed by atoms with Crippen LogP contribution in [0.25, 0.3) is 10.2 Å². The molecular formula is C21H13Cl2FN2OS. The van der Waals surface area contributed by atoms with Crippen molar-refractivity contribution in [3.63, 3.8) is 0 Å². The summed E-state index contributed by atoms with van der Waals surface area (Å²) >= 11 is 13.5. The van der Waals surface area contributed by atoms with Gasteiger partial charge in [0.25, 0.3) is 5.91 Å². The number of nitrogens with zero attached hydrogens (tertiary/aromatic N) is 2. The largest absolute Gasteiger partial charge is 0.279 e. The minimum Gasteiger partial charge on any atom is -0.279 e. The van der Waals surface area contributed by atoms with Crippen LogP contribution in [0.2, 0.25) is 10.0 Å². The van der Waals surface area contributed by atoms with Gasteiger partial charge in [-0.15, -0.1) is 0 Å². The van der Waals surface area contributed by atoms with Crippen LogP contribution in [-0.4, -0.2) is 10.9 Å². The number of para-hydroxylation sites is 1. The molecule has 4 aromatic rings. The Morgan fingerprint density at radius 2 is 1.82 bits per heavy atom. The van der Waals surface area contributed by atoms with Gasteiger partial charge in [-0.05, 0) is 35.9 Å². The van der Waals surface area contributed by atoms with Crippen molar-refractivity contribution in [2.45, 2.75) is 6.54 Å². The number of benzene rings is 3. The zero-order valence-corrected chi connectivity index (χ0v) is 16.7. The van der Waals surface area contributed by atoms with Gasteiger partial charge in [-0.3, -0.25) is 9.69 Å². The fraction of sp³-hybridized carbons (Fsp3) is 0.0476. The Bertz CT molecular complexity index is 1160. The minimum absolute atomic E-state index is 0.246. The van der Waals surface area contributed by atoms with Gasteiger partial charge in [-0.25, -0.2) is 9.37 Å². The van der Waals surface area contributed by atoms with E-state index in [1.54, 1.807) is 24.3 Å². The van der Waals surface area contributed by atoms with Gasteiger partial charge < -0.3 is 0 Å². The summed E-state index contributed by atoms with van der Waals surface area (Å²) in [7, 11) is 0. The van der Waals surface area contributed by atoms with E-state index in [9.17, 15) is 9.18 Å². The topological polar surface area (TPSA) is 33.2 Å². The summed E-state index contributed by atoms with van der Waals surface area (Å²) in [5.41, 5.74) is 1.47. The molecule has 0 saturated carbocycles. The van der Waals surface area contributed by atoms with Gasteiger partial charge in [0.1, 0.15) is 11.3 Å². The first-order valence-corrected chi connectivity index (χ1v) is 9.96. The van der Waals surface area contributed by atoms with Crippen LogP contribution in [0.3, 0.4) is 0 Å². The van der Waals surface area contributed by atoms with Crippen molar-refractivity contribution < 1.29 is 9.18 Å². The van der Waals surface area contributed by atoms with E-state index >= 15 is 0 Å². The van der Waals surface area contributed by atoms with E-state index in [2.05, 4.69) is 4.98 Å². The first-order chi connectivity index (χ1) is 13.5. The molecule has 0 aliphatic rings. The molecule has 1 amide bonds. The molecule has 3 nitrogen and oxygen atoms in total. The smallest absolute Gasteiger partial charge is 0.261 e. The summed E-state index contributed by atoms with van der Waals surface area (Å²) in [6.07, 6.45) is 0. The molecule has 4 rings (SSSR count). The van der Waals surface area contributed by atoms with E-state index in [1.165, 1.54) is 28.4 Å². The second kappa shape index (κ2) is 7.87. The Hall–Kier alpha value is -2.47. The molecule has 140 valence electrons. The molecule has 0 aliphatic heterocycles.